The highest BCUT2D eigenvalue weighted by molar-refractivity contribution is 5.27. The Morgan fingerprint density at radius 1 is 1.22 bits per heavy atom. The summed E-state index contributed by atoms with van der Waals surface area (Å²) in [4.78, 5) is 0. The van der Waals surface area contributed by atoms with E-state index in [4.69, 9.17) is 9.47 Å². The first-order valence-corrected chi connectivity index (χ1v) is 6.57. The standard InChI is InChI=1S/C16H26O2/c1-7-9-17-15(18-10-8-2)14-11-16(5,6)13(4)12(14)3/h7-8,14-15H,1-2,9-11H2,3-6H3. The summed E-state index contributed by atoms with van der Waals surface area (Å²) in [6.07, 6.45) is 4.40. The third-order valence-corrected chi connectivity index (χ3v) is 3.98. The molecule has 0 aliphatic heterocycles. The van der Waals surface area contributed by atoms with E-state index >= 15 is 0 Å². The molecule has 0 radical (unpaired) electrons. The van der Waals surface area contributed by atoms with Crippen LogP contribution in [0.5, 0.6) is 0 Å². The van der Waals surface area contributed by atoms with Crippen molar-refractivity contribution in [3.8, 4) is 0 Å². The molecule has 2 nitrogen and oxygen atoms in total. The van der Waals surface area contributed by atoms with E-state index in [0.29, 0.717) is 19.1 Å². The third kappa shape index (κ3) is 3.33. The van der Waals surface area contributed by atoms with E-state index in [9.17, 15) is 0 Å². The van der Waals surface area contributed by atoms with Gasteiger partial charge in [-0.05, 0) is 25.7 Å². The molecule has 0 aromatic carbocycles. The zero-order valence-electron chi connectivity index (χ0n) is 12.2. The van der Waals surface area contributed by atoms with Crippen LogP contribution in [0.1, 0.15) is 34.1 Å². The molecule has 0 spiro atoms. The molecular formula is C16H26O2. The second kappa shape index (κ2) is 6.35. The molecule has 1 unspecified atom stereocenters. The molecule has 0 heterocycles. The zero-order chi connectivity index (χ0) is 13.8. The summed E-state index contributed by atoms with van der Waals surface area (Å²) in [6.45, 7) is 17.4. The summed E-state index contributed by atoms with van der Waals surface area (Å²) in [5.41, 5.74) is 3.10. The minimum atomic E-state index is -0.197. The van der Waals surface area contributed by atoms with E-state index in [1.165, 1.54) is 11.1 Å². The van der Waals surface area contributed by atoms with Crippen molar-refractivity contribution in [3.63, 3.8) is 0 Å². The van der Waals surface area contributed by atoms with Crippen LogP contribution in [0.4, 0.5) is 0 Å². The van der Waals surface area contributed by atoms with Crippen LogP contribution in [0.25, 0.3) is 0 Å². The lowest BCUT2D eigenvalue weighted by Gasteiger charge is -2.26. The van der Waals surface area contributed by atoms with E-state index in [1.54, 1.807) is 12.2 Å². The minimum absolute atomic E-state index is 0.197. The molecule has 0 saturated carbocycles. The van der Waals surface area contributed by atoms with Crippen LogP contribution >= 0.6 is 0 Å². The predicted molar refractivity (Wildman–Crippen MR) is 76.3 cm³/mol. The fourth-order valence-electron chi connectivity index (χ4n) is 2.57. The van der Waals surface area contributed by atoms with Crippen molar-refractivity contribution in [1.82, 2.24) is 0 Å². The monoisotopic (exact) mass is 250 g/mol. The lowest BCUT2D eigenvalue weighted by Crippen LogP contribution is -2.28. The molecule has 1 rings (SSSR count). The molecule has 0 fully saturated rings. The molecule has 0 saturated heterocycles. The van der Waals surface area contributed by atoms with Gasteiger partial charge >= 0.3 is 0 Å². The topological polar surface area (TPSA) is 18.5 Å². The van der Waals surface area contributed by atoms with Crippen molar-refractivity contribution >= 4 is 0 Å². The minimum Gasteiger partial charge on any atom is -0.348 e. The Hall–Kier alpha value is -0.860. The maximum Gasteiger partial charge on any atom is 0.164 e. The number of allylic oxidation sites excluding steroid dienone is 1. The molecule has 102 valence electrons. The Balaban J connectivity index is 2.80. The quantitative estimate of drug-likeness (QED) is 0.500. The predicted octanol–water partition coefficient (Wildman–Crippen LogP) is 4.10. The number of ether oxygens (including phenoxy) is 2. The van der Waals surface area contributed by atoms with E-state index in [2.05, 4.69) is 40.9 Å². The SMILES string of the molecule is C=CCOC(OCC=C)C1CC(C)(C)C(C)=C1C. The smallest absolute Gasteiger partial charge is 0.164 e. The average Bonchev–Trinajstić information content (AvgIpc) is 2.53. The van der Waals surface area contributed by atoms with Gasteiger partial charge in [0, 0.05) is 5.92 Å². The van der Waals surface area contributed by atoms with Crippen molar-refractivity contribution in [1.29, 1.82) is 0 Å². The number of hydrogen-bond donors (Lipinski definition) is 0. The summed E-state index contributed by atoms with van der Waals surface area (Å²) in [6, 6.07) is 0. The summed E-state index contributed by atoms with van der Waals surface area (Å²) >= 11 is 0. The van der Waals surface area contributed by atoms with Gasteiger partial charge in [-0.15, -0.1) is 13.2 Å². The average molecular weight is 250 g/mol. The number of rotatable bonds is 7. The largest absolute Gasteiger partial charge is 0.348 e. The molecular weight excluding hydrogens is 224 g/mol. The Bertz CT molecular complexity index is 327. The molecule has 0 bridgehead atoms. The fourth-order valence-corrected chi connectivity index (χ4v) is 2.57. The first-order chi connectivity index (χ1) is 8.44. The second-order valence-electron chi connectivity index (χ2n) is 5.61. The van der Waals surface area contributed by atoms with Crippen LogP contribution in [0.2, 0.25) is 0 Å². The van der Waals surface area contributed by atoms with Gasteiger partial charge in [0.05, 0.1) is 13.2 Å². The Labute approximate surface area is 111 Å². The van der Waals surface area contributed by atoms with E-state index in [-0.39, 0.29) is 11.7 Å². The third-order valence-electron chi connectivity index (χ3n) is 3.98. The first-order valence-electron chi connectivity index (χ1n) is 6.57. The maximum atomic E-state index is 5.77. The highest BCUT2D eigenvalue weighted by atomic mass is 16.7. The van der Waals surface area contributed by atoms with Gasteiger partial charge in [0.25, 0.3) is 0 Å². The van der Waals surface area contributed by atoms with Crippen molar-refractivity contribution in [3.05, 3.63) is 36.5 Å². The highest BCUT2D eigenvalue weighted by Crippen LogP contribution is 2.47. The Morgan fingerprint density at radius 3 is 2.06 bits per heavy atom. The van der Waals surface area contributed by atoms with Gasteiger partial charge in [0.15, 0.2) is 6.29 Å². The van der Waals surface area contributed by atoms with Crippen LogP contribution in [0.3, 0.4) is 0 Å². The molecule has 0 amide bonds. The lowest BCUT2D eigenvalue weighted by atomic mass is 9.85. The van der Waals surface area contributed by atoms with Crippen LogP contribution in [0.15, 0.2) is 36.5 Å². The van der Waals surface area contributed by atoms with Crippen LogP contribution in [-0.2, 0) is 9.47 Å². The van der Waals surface area contributed by atoms with Crippen LogP contribution in [-0.4, -0.2) is 19.5 Å². The summed E-state index contributed by atoms with van der Waals surface area (Å²) in [5.74, 6) is 0.333. The molecule has 2 heteroatoms. The van der Waals surface area contributed by atoms with Crippen molar-refractivity contribution in [2.75, 3.05) is 13.2 Å². The van der Waals surface area contributed by atoms with Gasteiger partial charge in [0.1, 0.15) is 0 Å². The molecule has 0 aromatic rings. The fraction of sp³-hybridized carbons (Fsp3) is 0.625. The summed E-state index contributed by atoms with van der Waals surface area (Å²) in [5, 5.41) is 0. The van der Waals surface area contributed by atoms with Crippen LogP contribution in [0, 0.1) is 11.3 Å². The Kier molecular flexibility index (Phi) is 5.36. The van der Waals surface area contributed by atoms with E-state index in [1.807, 2.05) is 0 Å². The van der Waals surface area contributed by atoms with Crippen molar-refractivity contribution in [2.45, 2.75) is 40.4 Å². The molecule has 1 aliphatic rings. The van der Waals surface area contributed by atoms with Gasteiger partial charge in [0.2, 0.25) is 0 Å². The van der Waals surface area contributed by atoms with E-state index < -0.39 is 0 Å². The normalized spacial score (nSPS) is 22.6. The molecule has 1 atom stereocenters. The van der Waals surface area contributed by atoms with Gasteiger partial charge in [-0.2, -0.15) is 0 Å². The first kappa shape index (κ1) is 15.2. The second-order valence-corrected chi connectivity index (χ2v) is 5.61. The van der Waals surface area contributed by atoms with Gasteiger partial charge < -0.3 is 9.47 Å². The highest BCUT2D eigenvalue weighted by Gasteiger charge is 2.39. The van der Waals surface area contributed by atoms with Gasteiger partial charge in [-0.1, -0.05) is 37.1 Å². The van der Waals surface area contributed by atoms with Gasteiger partial charge in [-0.25, -0.2) is 0 Å². The van der Waals surface area contributed by atoms with Gasteiger partial charge in [-0.3, -0.25) is 0 Å². The summed E-state index contributed by atoms with van der Waals surface area (Å²) in [7, 11) is 0. The maximum absolute atomic E-state index is 5.77. The van der Waals surface area contributed by atoms with Crippen LogP contribution < -0.4 is 0 Å². The van der Waals surface area contributed by atoms with Crippen molar-refractivity contribution in [2.24, 2.45) is 11.3 Å². The number of hydrogen-bond acceptors (Lipinski definition) is 2. The Morgan fingerprint density at radius 2 is 1.72 bits per heavy atom. The lowest BCUT2D eigenvalue weighted by molar-refractivity contribution is -0.153. The molecule has 18 heavy (non-hydrogen) atoms. The zero-order valence-corrected chi connectivity index (χ0v) is 12.2. The summed E-state index contributed by atoms with van der Waals surface area (Å²) < 4.78 is 11.5. The van der Waals surface area contributed by atoms with Crippen molar-refractivity contribution < 1.29 is 9.47 Å². The van der Waals surface area contributed by atoms with E-state index in [0.717, 1.165) is 6.42 Å². The molecule has 1 aliphatic carbocycles. The molecule has 0 aromatic heterocycles. The molecule has 0 N–H and O–H groups in total.